The summed E-state index contributed by atoms with van der Waals surface area (Å²) >= 11 is 0. The van der Waals surface area contributed by atoms with Gasteiger partial charge in [-0.2, -0.15) is 4.98 Å². The fourth-order valence-electron chi connectivity index (χ4n) is 1.85. The highest BCUT2D eigenvalue weighted by atomic mass is 16.6. The maximum atomic E-state index is 10.0. The molecule has 0 aliphatic heterocycles. The van der Waals surface area contributed by atoms with Crippen molar-refractivity contribution < 1.29 is 14.3 Å². The molecule has 0 aliphatic rings. The van der Waals surface area contributed by atoms with E-state index in [0.29, 0.717) is 11.3 Å². The van der Waals surface area contributed by atoms with Crippen molar-refractivity contribution >= 4 is 0 Å². The largest absolute Gasteiger partial charge is 0.507 e. The Morgan fingerprint density at radius 1 is 1.00 bits per heavy atom. The van der Waals surface area contributed by atoms with Gasteiger partial charge in [-0.3, -0.25) is 0 Å². The molecule has 0 bridgehead atoms. The quantitative estimate of drug-likeness (QED) is 0.770. The lowest BCUT2D eigenvalue weighted by Crippen LogP contribution is -1.88. The topological polar surface area (TPSA) is 55.5 Å². The summed E-state index contributed by atoms with van der Waals surface area (Å²) in [5.74, 6) is 0.643. The van der Waals surface area contributed by atoms with E-state index in [9.17, 15) is 5.11 Å². The van der Waals surface area contributed by atoms with Gasteiger partial charge >= 0.3 is 6.08 Å². The zero-order valence-corrected chi connectivity index (χ0v) is 9.98. The van der Waals surface area contributed by atoms with Gasteiger partial charge in [0, 0.05) is 0 Å². The highest BCUT2D eigenvalue weighted by Crippen LogP contribution is 2.39. The van der Waals surface area contributed by atoms with Gasteiger partial charge in [-0.1, -0.05) is 36.4 Å². The van der Waals surface area contributed by atoms with Gasteiger partial charge in [-0.15, -0.1) is 0 Å². The third-order valence-electron chi connectivity index (χ3n) is 2.67. The summed E-state index contributed by atoms with van der Waals surface area (Å²) in [4.78, 5) is 3.91. The van der Waals surface area contributed by atoms with E-state index in [0.717, 1.165) is 5.56 Å². The zero-order chi connectivity index (χ0) is 13.1. The van der Waals surface area contributed by atoms with Gasteiger partial charge < -0.3 is 14.3 Å². The second kappa shape index (κ2) is 4.86. The second-order valence-electron chi connectivity index (χ2n) is 3.92. The predicted octanol–water partition coefficient (Wildman–Crippen LogP) is 3.84. The van der Waals surface area contributed by atoms with Gasteiger partial charge in [-0.05, 0) is 17.7 Å². The van der Waals surface area contributed by atoms with Crippen LogP contribution in [0, 0.1) is 0 Å². The summed E-state index contributed by atoms with van der Waals surface area (Å²) in [6, 6.07) is 14.6. The van der Waals surface area contributed by atoms with E-state index in [4.69, 9.17) is 9.15 Å². The minimum atomic E-state index is 0.141. The molecular weight excluding hydrogens is 242 g/mol. The molecule has 3 aromatic rings. The highest BCUT2D eigenvalue weighted by molar-refractivity contribution is 5.76. The summed E-state index contributed by atoms with van der Waals surface area (Å²) in [5, 5.41) is 10.0. The normalized spacial score (nSPS) is 10.3. The molecule has 1 N–H and O–H groups in total. The van der Waals surface area contributed by atoms with Crippen molar-refractivity contribution in [3.8, 4) is 28.7 Å². The fraction of sp³-hybridized carbons (Fsp3) is 0. The lowest BCUT2D eigenvalue weighted by atomic mass is 10.0. The molecule has 0 saturated heterocycles. The number of benzene rings is 2. The van der Waals surface area contributed by atoms with Crippen molar-refractivity contribution in [3.05, 3.63) is 61.0 Å². The number of phenols is 1. The van der Waals surface area contributed by atoms with Gasteiger partial charge in [0.25, 0.3) is 0 Å². The van der Waals surface area contributed by atoms with Crippen LogP contribution in [0.25, 0.3) is 11.1 Å². The number of nitrogens with zero attached hydrogens (tertiary/aromatic N) is 1. The first-order chi connectivity index (χ1) is 9.34. The van der Waals surface area contributed by atoms with Crippen molar-refractivity contribution in [1.82, 2.24) is 4.98 Å². The first-order valence-corrected chi connectivity index (χ1v) is 5.79. The summed E-state index contributed by atoms with van der Waals surface area (Å²) in [6.45, 7) is 0. The number of hydrogen-bond donors (Lipinski definition) is 1. The summed E-state index contributed by atoms with van der Waals surface area (Å²) in [5.41, 5.74) is 1.48. The standard InChI is InChI=1S/C15H11NO3/c17-12-7-4-8-13(19-15-16-9-10-18-15)14(12)11-5-2-1-3-6-11/h1-10,17H. The summed E-state index contributed by atoms with van der Waals surface area (Å²) < 4.78 is 10.6. The molecule has 0 saturated carbocycles. The molecule has 4 nitrogen and oxygen atoms in total. The molecule has 0 atom stereocenters. The lowest BCUT2D eigenvalue weighted by molar-refractivity contribution is 0.330. The molecule has 0 unspecified atom stereocenters. The Bertz CT molecular complexity index is 663. The molecule has 0 aliphatic carbocycles. The molecule has 3 rings (SSSR count). The average molecular weight is 253 g/mol. The first-order valence-electron chi connectivity index (χ1n) is 5.79. The molecule has 94 valence electrons. The van der Waals surface area contributed by atoms with Crippen molar-refractivity contribution in [2.75, 3.05) is 0 Å². The minimum absolute atomic E-state index is 0.141. The van der Waals surface area contributed by atoms with Crippen LogP contribution >= 0.6 is 0 Å². The number of oxazole rings is 1. The second-order valence-corrected chi connectivity index (χ2v) is 3.92. The van der Waals surface area contributed by atoms with Crippen molar-refractivity contribution in [3.63, 3.8) is 0 Å². The molecule has 0 fully saturated rings. The van der Waals surface area contributed by atoms with Crippen LogP contribution in [0.4, 0.5) is 0 Å². The lowest BCUT2D eigenvalue weighted by Gasteiger charge is -2.10. The highest BCUT2D eigenvalue weighted by Gasteiger charge is 2.13. The van der Waals surface area contributed by atoms with Crippen molar-refractivity contribution in [2.24, 2.45) is 0 Å². The fourth-order valence-corrected chi connectivity index (χ4v) is 1.85. The zero-order valence-electron chi connectivity index (χ0n) is 9.98. The van der Waals surface area contributed by atoms with Gasteiger partial charge in [0.15, 0.2) is 0 Å². The van der Waals surface area contributed by atoms with Crippen molar-refractivity contribution in [2.45, 2.75) is 0 Å². The maximum absolute atomic E-state index is 10.0. The Hall–Kier alpha value is -2.75. The number of hydrogen-bond acceptors (Lipinski definition) is 4. The van der Waals surface area contributed by atoms with Crippen LogP contribution in [0.15, 0.2) is 65.4 Å². The van der Waals surface area contributed by atoms with Crippen LogP contribution in [0.3, 0.4) is 0 Å². The van der Waals surface area contributed by atoms with Crippen LogP contribution in [0.2, 0.25) is 0 Å². The Labute approximate surface area is 109 Å². The number of rotatable bonds is 3. The third kappa shape index (κ3) is 2.28. The molecule has 2 aromatic carbocycles. The number of phenolic OH excluding ortho intramolecular Hbond substituents is 1. The molecule has 1 aromatic heterocycles. The predicted molar refractivity (Wildman–Crippen MR) is 70.1 cm³/mol. The van der Waals surface area contributed by atoms with E-state index in [-0.39, 0.29) is 11.8 Å². The van der Waals surface area contributed by atoms with Crippen LogP contribution in [0.5, 0.6) is 17.6 Å². The molecule has 19 heavy (non-hydrogen) atoms. The summed E-state index contributed by atoms with van der Waals surface area (Å²) in [7, 11) is 0. The van der Waals surface area contributed by atoms with Gasteiger partial charge in [0.05, 0.1) is 11.8 Å². The van der Waals surface area contributed by atoms with Crippen LogP contribution in [-0.4, -0.2) is 10.1 Å². The van der Waals surface area contributed by atoms with E-state index in [1.54, 1.807) is 18.2 Å². The van der Waals surface area contributed by atoms with E-state index >= 15 is 0 Å². The van der Waals surface area contributed by atoms with Crippen LogP contribution < -0.4 is 4.74 Å². The van der Waals surface area contributed by atoms with E-state index in [2.05, 4.69) is 4.98 Å². The van der Waals surface area contributed by atoms with E-state index in [1.807, 2.05) is 30.3 Å². The maximum Gasteiger partial charge on any atom is 0.399 e. The average Bonchev–Trinajstić information content (AvgIpc) is 2.93. The van der Waals surface area contributed by atoms with Gasteiger partial charge in [0.1, 0.15) is 17.8 Å². The molecule has 1 heterocycles. The molecule has 4 heteroatoms. The van der Waals surface area contributed by atoms with Crippen LogP contribution in [-0.2, 0) is 0 Å². The Kier molecular flexibility index (Phi) is 2.90. The molecule has 0 radical (unpaired) electrons. The molecule has 0 amide bonds. The monoisotopic (exact) mass is 253 g/mol. The van der Waals surface area contributed by atoms with E-state index < -0.39 is 0 Å². The number of aromatic nitrogens is 1. The Balaban J connectivity index is 2.08. The SMILES string of the molecule is Oc1cccc(Oc2ncco2)c1-c1ccccc1. The van der Waals surface area contributed by atoms with Crippen LogP contribution in [0.1, 0.15) is 0 Å². The smallest absolute Gasteiger partial charge is 0.399 e. The van der Waals surface area contributed by atoms with Gasteiger partial charge in [0.2, 0.25) is 0 Å². The van der Waals surface area contributed by atoms with Crippen molar-refractivity contribution in [1.29, 1.82) is 0 Å². The number of aromatic hydroxyl groups is 1. The summed E-state index contributed by atoms with van der Waals surface area (Å²) in [6.07, 6.45) is 3.07. The number of ether oxygens (including phenoxy) is 1. The molecular formula is C15H11NO3. The first kappa shape index (κ1) is 11.3. The third-order valence-corrected chi connectivity index (χ3v) is 2.67. The molecule has 0 spiro atoms. The Morgan fingerprint density at radius 3 is 2.58 bits per heavy atom. The Morgan fingerprint density at radius 2 is 1.84 bits per heavy atom. The minimum Gasteiger partial charge on any atom is -0.507 e. The van der Waals surface area contributed by atoms with E-state index in [1.165, 1.54) is 12.5 Å². The van der Waals surface area contributed by atoms with Gasteiger partial charge in [-0.25, -0.2) is 0 Å².